The minimum atomic E-state index is -2.88. The number of nitrogens with zero attached hydrogens (tertiary/aromatic N) is 2. The van der Waals surface area contributed by atoms with Gasteiger partial charge >= 0.3 is 0 Å². The molecular formula is C10H9F2N3. The van der Waals surface area contributed by atoms with Crippen LogP contribution in [0.1, 0.15) is 11.3 Å². The number of nitrogens with one attached hydrogen (secondary N) is 1. The molecule has 1 aromatic heterocycles. The molecule has 3 nitrogen and oxygen atoms in total. The van der Waals surface area contributed by atoms with Crippen LogP contribution in [0.5, 0.6) is 0 Å². The van der Waals surface area contributed by atoms with Gasteiger partial charge in [-0.2, -0.15) is 5.26 Å². The molecule has 2 rings (SSSR count). The Morgan fingerprint density at radius 3 is 2.80 bits per heavy atom. The molecule has 5 heteroatoms. The smallest absolute Gasteiger partial charge is 0.278 e. The first-order valence-electron chi connectivity index (χ1n) is 4.60. The average molecular weight is 209 g/mol. The van der Waals surface area contributed by atoms with Crippen LogP contribution in [0, 0.1) is 17.2 Å². The maximum absolute atomic E-state index is 13.7. The molecule has 1 fully saturated rings. The highest BCUT2D eigenvalue weighted by Gasteiger charge is 2.44. The molecule has 0 bridgehead atoms. The molecule has 2 heterocycles. The normalized spacial score (nSPS) is 16.9. The first-order chi connectivity index (χ1) is 7.14. The predicted molar refractivity (Wildman–Crippen MR) is 49.2 cm³/mol. The van der Waals surface area contributed by atoms with E-state index in [0.29, 0.717) is 13.1 Å². The van der Waals surface area contributed by atoms with Crippen LogP contribution < -0.4 is 5.32 Å². The summed E-state index contributed by atoms with van der Waals surface area (Å²) in [5.74, 6) is -3.55. The van der Waals surface area contributed by atoms with Crippen molar-refractivity contribution in [2.45, 2.75) is 5.92 Å². The Hall–Kier alpha value is -1.54. The van der Waals surface area contributed by atoms with Crippen molar-refractivity contribution in [2.24, 2.45) is 5.92 Å². The van der Waals surface area contributed by atoms with Gasteiger partial charge in [-0.05, 0) is 12.1 Å². The van der Waals surface area contributed by atoms with Crippen LogP contribution in [-0.4, -0.2) is 18.1 Å². The number of hydrogen-bond donors (Lipinski definition) is 1. The summed E-state index contributed by atoms with van der Waals surface area (Å²) in [4.78, 5) is 3.66. The van der Waals surface area contributed by atoms with Gasteiger partial charge in [0.05, 0.1) is 5.92 Å². The lowest BCUT2D eigenvalue weighted by molar-refractivity contribution is -0.0835. The summed E-state index contributed by atoms with van der Waals surface area (Å²) in [5, 5.41) is 11.4. The van der Waals surface area contributed by atoms with Crippen molar-refractivity contribution in [1.82, 2.24) is 10.3 Å². The number of nitriles is 1. The van der Waals surface area contributed by atoms with E-state index in [1.807, 2.05) is 0 Å². The van der Waals surface area contributed by atoms with E-state index in [-0.39, 0.29) is 11.3 Å². The fourth-order valence-electron chi connectivity index (χ4n) is 1.48. The molecule has 0 atom stereocenters. The molecule has 1 N–H and O–H groups in total. The van der Waals surface area contributed by atoms with Crippen molar-refractivity contribution < 1.29 is 8.78 Å². The van der Waals surface area contributed by atoms with Crippen LogP contribution in [0.25, 0.3) is 0 Å². The second kappa shape index (κ2) is 3.55. The lowest BCUT2D eigenvalue weighted by atomic mass is 9.90. The average Bonchev–Trinajstić information content (AvgIpc) is 2.14. The molecule has 15 heavy (non-hydrogen) atoms. The topological polar surface area (TPSA) is 48.7 Å². The third-order valence-electron chi connectivity index (χ3n) is 2.55. The minimum Gasteiger partial charge on any atom is -0.316 e. The van der Waals surface area contributed by atoms with E-state index in [1.165, 1.54) is 12.3 Å². The number of aromatic nitrogens is 1. The van der Waals surface area contributed by atoms with Crippen LogP contribution in [0.2, 0.25) is 0 Å². The van der Waals surface area contributed by atoms with Crippen LogP contribution >= 0.6 is 0 Å². The van der Waals surface area contributed by atoms with Crippen LogP contribution in [0.15, 0.2) is 18.3 Å². The van der Waals surface area contributed by atoms with Crippen molar-refractivity contribution in [3.05, 3.63) is 29.6 Å². The molecule has 0 amide bonds. The SMILES string of the molecule is N#Cc1cc(C(F)(F)C2CNC2)ccn1. The summed E-state index contributed by atoms with van der Waals surface area (Å²) >= 11 is 0. The van der Waals surface area contributed by atoms with Gasteiger partial charge in [-0.3, -0.25) is 0 Å². The second-order valence-corrected chi connectivity index (χ2v) is 3.52. The zero-order chi connectivity index (χ0) is 10.9. The number of alkyl halides is 2. The Labute approximate surface area is 85.7 Å². The van der Waals surface area contributed by atoms with E-state index in [2.05, 4.69) is 10.3 Å². The van der Waals surface area contributed by atoms with Crippen LogP contribution in [0.3, 0.4) is 0 Å². The number of hydrogen-bond acceptors (Lipinski definition) is 3. The monoisotopic (exact) mass is 209 g/mol. The molecule has 1 saturated heterocycles. The first-order valence-corrected chi connectivity index (χ1v) is 4.60. The second-order valence-electron chi connectivity index (χ2n) is 3.52. The fraction of sp³-hybridized carbons (Fsp3) is 0.400. The summed E-state index contributed by atoms with van der Waals surface area (Å²) in [6.45, 7) is 0.633. The van der Waals surface area contributed by atoms with Crippen molar-refractivity contribution in [3.63, 3.8) is 0 Å². The van der Waals surface area contributed by atoms with Gasteiger partial charge in [0.15, 0.2) is 0 Å². The highest BCUT2D eigenvalue weighted by atomic mass is 19.3. The molecule has 1 aliphatic heterocycles. The number of rotatable bonds is 2. The molecule has 0 spiro atoms. The Bertz CT molecular complexity index is 407. The zero-order valence-corrected chi connectivity index (χ0v) is 7.87. The Kier molecular flexibility index (Phi) is 2.37. The Balaban J connectivity index is 2.31. The van der Waals surface area contributed by atoms with Crippen molar-refractivity contribution in [3.8, 4) is 6.07 Å². The largest absolute Gasteiger partial charge is 0.316 e. The van der Waals surface area contributed by atoms with E-state index in [4.69, 9.17) is 5.26 Å². The van der Waals surface area contributed by atoms with Gasteiger partial charge in [0.25, 0.3) is 5.92 Å². The maximum Gasteiger partial charge on any atom is 0.278 e. The standard InChI is InChI=1S/C10H9F2N3/c11-10(12,8-5-14-6-8)7-1-2-15-9(3-7)4-13/h1-3,8,14H,5-6H2. The predicted octanol–water partition coefficient (Wildman–Crippen LogP) is 1.26. The first kappa shape index (κ1) is 9.99. The highest BCUT2D eigenvalue weighted by molar-refractivity contribution is 5.29. The van der Waals surface area contributed by atoms with Gasteiger partial charge in [0.1, 0.15) is 11.8 Å². The third-order valence-corrected chi connectivity index (χ3v) is 2.55. The highest BCUT2D eigenvalue weighted by Crippen LogP contribution is 2.37. The van der Waals surface area contributed by atoms with Crippen LogP contribution in [0.4, 0.5) is 8.78 Å². The van der Waals surface area contributed by atoms with Crippen molar-refractivity contribution >= 4 is 0 Å². The van der Waals surface area contributed by atoms with Gasteiger partial charge in [0.2, 0.25) is 0 Å². The molecule has 78 valence electrons. The number of halogens is 2. The lowest BCUT2D eigenvalue weighted by Gasteiger charge is -2.34. The Morgan fingerprint density at radius 1 is 1.53 bits per heavy atom. The summed E-state index contributed by atoms with van der Waals surface area (Å²) < 4.78 is 27.5. The minimum absolute atomic E-state index is 0.0273. The molecule has 0 radical (unpaired) electrons. The van der Waals surface area contributed by atoms with E-state index in [1.54, 1.807) is 6.07 Å². The molecule has 1 aromatic rings. The summed E-state index contributed by atoms with van der Waals surface area (Å²) in [6.07, 6.45) is 1.24. The Morgan fingerprint density at radius 2 is 2.27 bits per heavy atom. The van der Waals surface area contributed by atoms with Gasteiger partial charge in [-0.25, -0.2) is 13.8 Å². The van der Waals surface area contributed by atoms with E-state index in [0.717, 1.165) is 6.07 Å². The lowest BCUT2D eigenvalue weighted by Crippen LogP contribution is -2.50. The molecular weight excluding hydrogens is 200 g/mol. The van der Waals surface area contributed by atoms with Crippen molar-refractivity contribution in [1.29, 1.82) is 5.26 Å². The van der Waals surface area contributed by atoms with Gasteiger partial charge in [0, 0.05) is 24.8 Å². The zero-order valence-electron chi connectivity index (χ0n) is 7.87. The molecule has 1 aliphatic rings. The molecule has 0 unspecified atom stereocenters. The fourth-order valence-corrected chi connectivity index (χ4v) is 1.48. The molecule has 0 aliphatic carbocycles. The summed E-state index contributed by atoms with van der Waals surface area (Å²) in [6, 6.07) is 4.17. The van der Waals surface area contributed by atoms with Gasteiger partial charge in [-0.1, -0.05) is 0 Å². The van der Waals surface area contributed by atoms with Gasteiger partial charge in [-0.15, -0.1) is 0 Å². The van der Waals surface area contributed by atoms with E-state index < -0.39 is 11.8 Å². The third kappa shape index (κ3) is 1.68. The van der Waals surface area contributed by atoms with E-state index >= 15 is 0 Å². The van der Waals surface area contributed by atoms with Gasteiger partial charge < -0.3 is 5.32 Å². The summed E-state index contributed by atoms with van der Waals surface area (Å²) in [5.41, 5.74) is -0.0972. The van der Waals surface area contributed by atoms with E-state index in [9.17, 15) is 8.78 Å². The quantitative estimate of drug-likeness (QED) is 0.797. The van der Waals surface area contributed by atoms with Crippen LogP contribution in [-0.2, 0) is 5.92 Å². The maximum atomic E-state index is 13.7. The molecule has 0 aromatic carbocycles. The number of pyridine rings is 1. The molecule has 0 saturated carbocycles. The van der Waals surface area contributed by atoms with Crippen molar-refractivity contribution in [2.75, 3.05) is 13.1 Å². The summed E-state index contributed by atoms with van der Waals surface area (Å²) in [7, 11) is 0.